The van der Waals surface area contributed by atoms with Crippen molar-refractivity contribution >= 4 is 34.6 Å². The van der Waals surface area contributed by atoms with Crippen LogP contribution in [0.25, 0.3) is 5.52 Å². The summed E-state index contributed by atoms with van der Waals surface area (Å²) in [6.07, 6.45) is 7.85. The summed E-state index contributed by atoms with van der Waals surface area (Å²) >= 11 is 6.39. The third-order valence-corrected chi connectivity index (χ3v) is 6.75. The van der Waals surface area contributed by atoms with Gasteiger partial charge in [0.25, 0.3) is 0 Å². The van der Waals surface area contributed by atoms with Gasteiger partial charge in [0.1, 0.15) is 17.2 Å². The Balaban J connectivity index is 1.50. The van der Waals surface area contributed by atoms with Gasteiger partial charge in [0, 0.05) is 24.7 Å². The molecule has 1 aliphatic heterocycles. The quantitative estimate of drug-likeness (QED) is 0.613. The summed E-state index contributed by atoms with van der Waals surface area (Å²) in [5.41, 5.74) is 10.2. The number of fused-ring (bicyclic) bond motifs is 2. The highest BCUT2D eigenvalue weighted by atomic mass is 35.5. The number of hydrogen-bond acceptors (Lipinski definition) is 6. The lowest BCUT2D eigenvalue weighted by Crippen LogP contribution is -2.23. The summed E-state index contributed by atoms with van der Waals surface area (Å²) in [7, 11) is 1.46. The summed E-state index contributed by atoms with van der Waals surface area (Å²) in [5.74, 6) is 1.60. The molecule has 0 spiro atoms. The molecule has 0 saturated heterocycles. The van der Waals surface area contributed by atoms with Crippen molar-refractivity contribution in [3.8, 4) is 0 Å². The molecule has 1 unspecified atom stereocenters. The highest BCUT2D eigenvalue weighted by Gasteiger charge is 2.33. The van der Waals surface area contributed by atoms with Gasteiger partial charge in [0.15, 0.2) is 0 Å². The number of carbonyl (C=O) groups is 1. The SMILES string of the molecule is COC(=O)[C@H]1CC[C@@H](c2nc(C3Cc4cccc(Cl)c4N3)c3c(N)nccn32)CC1. The molecule has 1 atom stereocenters. The van der Waals surface area contributed by atoms with Crippen molar-refractivity contribution < 1.29 is 9.53 Å². The maximum atomic E-state index is 11.9. The van der Waals surface area contributed by atoms with Crippen LogP contribution in [0.4, 0.5) is 11.5 Å². The molecule has 1 aromatic carbocycles. The van der Waals surface area contributed by atoms with Gasteiger partial charge in [-0.3, -0.25) is 9.20 Å². The summed E-state index contributed by atoms with van der Waals surface area (Å²) in [4.78, 5) is 21.3. The molecule has 5 rings (SSSR count). The number of ether oxygens (including phenoxy) is 1. The third kappa shape index (κ3) is 3.08. The Morgan fingerprint density at radius 3 is 2.83 bits per heavy atom. The molecule has 8 heteroatoms. The Kier molecular flexibility index (Phi) is 4.77. The number of nitrogens with zero attached hydrogens (tertiary/aromatic N) is 3. The number of anilines is 2. The van der Waals surface area contributed by atoms with Gasteiger partial charge < -0.3 is 15.8 Å². The molecule has 1 saturated carbocycles. The lowest BCUT2D eigenvalue weighted by molar-refractivity contribution is -0.146. The van der Waals surface area contributed by atoms with E-state index >= 15 is 0 Å². The molecule has 3 heterocycles. The Labute approximate surface area is 179 Å². The Morgan fingerprint density at radius 2 is 2.10 bits per heavy atom. The summed E-state index contributed by atoms with van der Waals surface area (Å²) in [5, 5.41) is 4.25. The molecule has 3 aromatic rings. The number of methoxy groups -OCH3 is 1. The maximum absolute atomic E-state index is 11.9. The minimum Gasteiger partial charge on any atom is -0.469 e. The molecule has 0 radical (unpaired) electrons. The zero-order chi connectivity index (χ0) is 20.8. The van der Waals surface area contributed by atoms with E-state index in [4.69, 9.17) is 27.1 Å². The predicted molar refractivity (Wildman–Crippen MR) is 116 cm³/mol. The molecule has 3 N–H and O–H groups in total. The fourth-order valence-electron chi connectivity index (χ4n) is 4.91. The van der Waals surface area contributed by atoms with Crippen LogP contribution in [0.3, 0.4) is 0 Å². The zero-order valence-electron chi connectivity index (χ0n) is 16.8. The fraction of sp³-hybridized carbons (Fsp3) is 0.409. The number of imidazole rings is 1. The van der Waals surface area contributed by atoms with E-state index in [1.165, 1.54) is 12.7 Å². The van der Waals surface area contributed by atoms with Crippen LogP contribution in [0.15, 0.2) is 30.6 Å². The van der Waals surface area contributed by atoms with Gasteiger partial charge in [-0.1, -0.05) is 23.7 Å². The molecule has 1 aliphatic carbocycles. The Bertz CT molecular complexity index is 1120. The first-order chi connectivity index (χ1) is 14.6. The molecule has 7 nitrogen and oxygen atoms in total. The van der Waals surface area contributed by atoms with Crippen LogP contribution in [0, 0.1) is 5.92 Å². The van der Waals surface area contributed by atoms with Crippen LogP contribution in [-0.2, 0) is 16.0 Å². The normalized spacial score (nSPS) is 23.2. The number of halogens is 1. The minimum absolute atomic E-state index is 0.0124. The number of aromatic nitrogens is 3. The standard InChI is InChI=1S/C22H24ClN5O2/c1-30-22(29)13-7-5-12(6-8-13)21-27-18(19-20(24)25-9-10-28(19)21)16-11-14-3-2-4-15(23)17(14)26-16/h2-4,9-10,12-13,16,26H,5-8,11H2,1H3,(H2,24,25)/t12-,13+,16?. The second-order valence-electron chi connectivity index (χ2n) is 8.13. The van der Waals surface area contributed by atoms with Crippen LogP contribution in [0.1, 0.15) is 54.7 Å². The first kappa shape index (κ1) is 19.2. The zero-order valence-corrected chi connectivity index (χ0v) is 17.5. The number of nitrogens with two attached hydrogens (primary N) is 1. The monoisotopic (exact) mass is 425 g/mol. The van der Waals surface area contributed by atoms with Crippen molar-refractivity contribution in [1.82, 2.24) is 14.4 Å². The van der Waals surface area contributed by atoms with Crippen LogP contribution >= 0.6 is 11.6 Å². The Hall–Kier alpha value is -2.80. The van der Waals surface area contributed by atoms with Crippen molar-refractivity contribution in [3.63, 3.8) is 0 Å². The molecule has 2 aliphatic rings. The van der Waals surface area contributed by atoms with Gasteiger partial charge in [0.2, 0.25) is 0 Å². The van der Waals surface area contributed by atoms with Crippen molar-refractivity contribution in [3.05, 3.63) is 52.7 Å². The van der Waals surface area contributed by atoms with E-state index in [0.29, 0.717) is 10.8 Å². The molecule has 1 fully saturated rings. The number of esters is 1. The number of nitrogens with one attached hydrogen (secondary N) is 1. The molecule has 30 heavy (non-hydrogen) atoms. The number of benzene rings is 1. The fourth-order valence-corrected chi connectivity index (χ4v) is 5.16. The van der Waals surface area contributed by atoms with Crippen molar-refractivity contribution in [2.24, 2.45) is 5.92 Å². The average Bonchev–Trinajstić information content (AvgIpc) is 3.37. The second-order valence-corrected chi connectivity index (χ2v) is 8.54. The highest BCUT2D eigenvalue weighted by Crippen LogP contribution is 2.42. The molecule has 2 aromatic heterocycles. The van der Waals surface area contributed by atoms with E-state index in [1.54, 1.807) is 6.20 Å². The van der Waals surface area contributed by atoms with Crippen molar-refractivity contribution in [1.29, 1.82) is 0 Å². The van der Waals surface area contributed by atoms with Crippen molar-refractivity contribution in [2.45, 2.75) is 44.1 Å². The largest absolute Gasteiger partial charge is 0.469 e. The lowest BCUT2D eigenvalue weighted by atomic mass is 9.81. The van der Waals surface area contributed by atoms with E-state index in [0.717, 1.165) is 54.8 Å². The molecular formula is C22H24ClN5O2. The van der Waals surface area contributed by atoms with Crippen LogP contribution in [0.2, 0.25) is 5.02 Å². The Morgan fingerprint density at radius 1 is 1.30 bits per heavy atom. The molecule has 0 bridgehead atoms. The summed E-state index contributed by atoms with van der Waals surface area (Å²) in [6.45, 7) is 0. The number of hydrogen-bond donors (Lipinski definition) is 2. The van der Waals surface area contributed by atoms with Crippen LogP contribution < -0.4 is 11.1 Å². The minimum atomic E-state index is -0.111. The van der Waals surface area contributed by atoms with E-state index in [2.05, 4.69) is 20.8 Å². The topological polar surface area (TPSA) is 94.5 Å². The summed E-state index contributed by atoms with van der Waals surface area (Å²) in [6, 6.07) is 5.93. The van der Waals surface area contributed by atoms with Gasteiger partial charge in [0.05, 0.1) is 35.5 Å². The first-order valence-corrected chi connectivity index (χ1v) is 10.7. The van der Waals surface area contributed by atoms with Gasteiger partial charge in [-0.25, -0.2) is 9.97 Å². The van der Waals surface area contributed by atoms with Crippen LogP contribution in [0.5, 0.6) is 0 Å². The van der Waals surface area contributed by atoms with Gasteiger partial charge >= 0.3 is 5.97 Å². The predicted octanol–water partition coefficient (Wildman–Crippen LogP) is 4.12. The van der Waals surface area contributed by atoms with Crippen molar-refractivity contribution in [2.75, 3.05) is 18.2 Å². The average molecular weight is 426 g/mol. The van der Waals surface area contributed by atoms with E-state index in [9.17, 15) is 4.79 Å². The van der Waals surface area contributed by atoms with E-state index < -0.39 is 0 Å². The van der Waals surface area contributed by atoms with Crippen LogP contribution in [-0.4, -0.2) is 27.4 Å². The molecular weight excluding hydrogens is 402 g/mol. The highest BCUT2D eigenvalue weighted by molar-refractivity contribution is 6.33. The third-order valence-electron chi connectivity index (χ3n) is 6.44. The van der Waals surface area contributed by atoms with Gasteiger partial charge in [-0.15, -0.1) is 0 Å². The molecule has 156 valence electrons. The van der Waals surface area contributed by atoms with Gasteiger partial charge in [-0.2, -0.15) is 0 Å². The number of para-hydroxylation sites is 1. The lowest BCUT2D eigenvalue weighted by Gasteiger charge is -2.26. The number of nitrogen functional groups attached to an aromatic ring is 1. The number of rotatable bonds is 3. The second kappa shape index (κ2) is 7.47. The smallest absolute Gasteiger partial charge is 0.308 e. The maximum Gasteiger partial charge on any atom is 0.308 e. The van der Waals surface area contributed by atoms with Gasteiger partial charge in [-0.05, 0) is 37.3 Å². The van der Waals surface area contributed by atoms with E-state index in [-0.39, 0.29) is 23.8 Å². The summed E-state index contributed by atoms with van der Waals surface area (Å²) < 4.78 is 7.00. The first-order valence-electron chi connectivity index (χ1n) is 10.3. The molecule has 0 amide bonds. The van der Waals surface area contributed by atoms with E-state index in [1.807, 2.05) is 18.3 Å². The number of carbonyl (C=O) groups excluding carboxylic acids is 1.